The zero-order valence-corrected chi connectivity index (χ0v) is 22.7. The van der Waals surface area contributed by atoms with Gasteiger partial charge in [0.2, 0.25) is 0 Å². The van der Waals surface area contributed by atoms with Gasteiger partial charge in [0.25, 0.3) is 0 Å². The maximum atomic E-state index is 6.14. The average Bonchev–Trinajstić information content (AvgIpc) is 3.27. The van der Waals surface area contributed by atoms with Gasteiger partial charge in [0.05, 0.1) is 6.10 Å². The van der Waals surface area contributed by atoms with E-state index in [0.717, 1.165) is 49.2 Å². The highest BCUT2D eigenvalue weighted by Crippen LogP contribution is 2.22. The number of aryl methyl sites for hydroxylation is 1. The number of nitrogens with zero attached hydrogens (tertiary/aromatic N) is 2. The Morgan fingerprint density at radius 3 is 2.81 bits per heavy atom. The van der Waals surface area contributed by atoms with Gasteiger partial charge in [-0.1, -0.05) is 26.0 Å². The number of nitrogens with one attached hydrogen (secondary N) is 2. The highest BCUT2D eigenvalue weighted by atomic mass is 127. The molecule has 0 aromatic heterocycles. The van der Waals surface area contributed by atoms with E-state index < -0.39 is 0 Å². The van der Waals surface area contributed by atoms with Crippen molar-refractivity contribution in [3.8, 4) is 5.75 Å². The summed E-state index contributed by atoms with van der Waals surface area (Å²) in [6.07, 6.45) is 5.03. The van der Waals surface area contributed by atoms with Crippen molar-refractivity contribution in [2.45, 2.75) is 59.1 Å². The maximum absolute atomic E-state index is 6.14. The third kappa shape index (κ3) is 9.06. The summed E-state index contributed by atoms with van der Waals surface area (Å²) in [7, 11) is 1.84. The van der Waals surface area contributed by atoms with Crippen LogP contribution in [0, 0.1) is 18.8 Å². The molecule has 3 rings (SSSR count). The van der Waals surface area contributed by atoms with E-state index in [9.17, 15) is 0 Å². The molecule has 2 N–H and O–H groups in total. The van der Waals surface area contributed by atoms with Crippen molar-refractivity contribution >= 4 is 29.9 Å². The van der Waals surface area contributed by atoms with Gasteiger partial charge in [0.15, 0.2) is 5.96 Å². The lowest BCUT2D eigenvalue weighted by Gasteiger charge is -2.34. The van der Waals surface area contributed by atoms with Gasteiger partial charge < -0.3 is 25.0 Å². The second-order valence-electron chi connectivity index (χ2n) is 9.53. The van der Waals surface area contributed by atoms with Gasteiger partial charge in [-0.2, -0.15) is 0 Å². The van der Waals surface area contributed by atoms with Crippen LogP contribution in [0.5, 0.6) is 5.75 Å². The van der Waals surface area contributed by atoms with Crippen LogP contribution in [0.4, 0.5) is 0 Å². The molecule has 0 saturated carbocycles. The molecule has 2 aliphatic heterocycles. The number of hydrogen-bond donors (Lipinski definition) is 2. The van der Waals surface area contributed by atoms with E-state index in [4.69, 9.17) is 9.47 Å². The van der Waals surface area contributed by atoms with Crippen LogP contribution in [0.1, 0.15) is 50.7 Å². The third-order valence-electron chi connectivity index (χ3n) is 6.13. The molecular formula is C25H43IN4O2. The number of hydrogen-bond acceptors (Lipinski definition) is 4. The van der Waals surface area contributed by atoms with E-state index in [0.29, 0.717) is 19.1 Å². The summed E-state index contributed by atoms with van der Waals surface area (Å²) in [4.78, 5) is 7.04. The van der Waals surface area contributed by atoms with Crippen molar-refractivity contribution < 1.29 is 9.47 Å². The van der Waals surface area contributed by atoms with Gasteiger partial charge in [-0.15, -0.1) is 24.0 Å². The normalized spacial score (nSPS) is 22.0. The molecule has 2 fully saturated rings. The molecule has 0 amide bonds. The molecule has 32 heavy (non-hydrogen) atoms. The van der Waals surface area contributed by atoms with Crippen LogP contribution in [-0.4, -0.2) is 63.4 Å². The second kappa shape index (κ2) is 14.3. The molecule has 0 spiro atoms. The number of aliphatic imine (C=N–C) groups is 1. The Labute approximate surface area is 211 Å². The molecule has 182 valence electrons. The first-order chi connectivity index (χ1) is 15.0. The first-order valence-electron chi connectivity index (χ1n) is 12.0. The predicted octanol–water partition coefficient (Wildman–Crippen LogP) is 4.20. The summed E-state index contributed by atoms with van der Waals surface area (Å²) in [5, 5.41) is 7.01. The highest BCUT2D eigenvalue weighted by Gasteiger charge is 2.21. The number of ether oxygens (including phenoxy) is 2. The average molecular weight is 559 g/mol. The van der Waals surface area contributed by atoms with Crippen LogP contribution in [0.15, 0.2) is 23.2 Å². The van der Waals surface area contributed by atoms with E-state index in [1.807, 2.05) is 7.05 Å². The van der Waals surface area contributed by atoms with Crippen LogP contribution >= 0.6 is 24.0 Å². The first kappa shape index (κ1) is 27.2. The summed E-state index contributed by atoms with van der Waals surface area (Å²) in [6.45, 7) is 13.5. The number of piperidine rings is 1. The van der Waals surface area contributed by atoms with Crippen LogP contribution in [0.3, 0.4) is 0 Å². The van der Waals surface area contributed by atoms with Crippen molar-refractivity contribution in [2.75, 3.05) is 46.4 Å². The summed E-state index contributed by atoms with van der Waals surface area (Å²) in [5.74, 6) is 3.20. The maximum Gasteiger partial charge on any atom is 0.191 e. The molecule has 1 aromatic carbocycles. The van der Waals surface area contributed by atoms with Crippen molar-refractivity contribution in [1.29, 1.82) is 0 Å². The van der Waals surface area contributed by atoms with E-state index in [-0.39, 0.29) is 30.1 Å². The standard InChI is InChI=1S/C25H42N4O2.HI/c1-19(2)16-29-11-5-7-21(17-29)14-27-25(26-4)28-15-22-10-9-20(3)13-24(22)31-18-23-8-6-12-30-23;/h9-10,13,19,21,23H,5-8,11-12,14-18H2,1-4H3,(H2,26,27,28);1H. The van der Waals surface area contributed by atoms with E-state index in [1.54, 1.807) is 0 Å². The van der Waals surface area contributed by atoms with Crippen molar-refractivity contribution in [1.82, 2.24) is 15.5 Å². The summed E-state index contributed by atoms with van der Waals surface area (Å²) < 4.78 is 11.8. The molecule has 2 saturated heterocycles. The Hall–Kier alpha value is -1.06. The van der Waals surface area contributed by atoms with Crippen molar-refractivity contribution in [3.63, 3.8) is 0 Å². The van der Waals surface area contributed by atoms with Gasteiger partial charge in [-0.05, 0) is 62.6 Å². The lowest BCUT2D eigenvalue weighted by molar-refractivity contribution is 0.0676. The molecule has 7 heteroatoms. The fourth-order valence-electron chi connectivity index (χ4n) is 4.54. The largest absolute Gasteiger partial charge is 0.491 e. The summed E-state index contributed by atoms with van der Waals surface area (Å²) in [6, 6.07) is 6.40. The van der Waals surface area contributed by atoms with Crippen LogP contribution < -0.4 is 15.4 Å². The fraction of sp³-hybridized carbons (Fsp3) is 0.720. The highest BCUT2D eigenvalue weighted by molar-refractivity contribution is 14.0. The zero-order valence-electron chi connectivity index (χ0n) is 20.4. The van der Waals surface area contributed by atoms with Gasteiger partial charge in [0.1, 0.15) is 12.4 Å². The summed E-state index contributed by atoms with van der Waals surface area (Å²) >= 11 is 0. The van der Waals surface area contributed by atoms with E-state index >= 15 is 0 Å². The van der Waals surface area contributed by atoms with Crippen LogP contribution in [0.25, 0.3) is 0 Å². The number of guanidine groups is 1. The first-order valence-corrected chi connectivity index (χ1v) is 12.0. The molecule has 2 aliphatic rings. The summed E-state index contributed by atoms with van der Waals surface area (Å²) in [5.41, 5.74) is 2.35. The van der Waals surface area contributed by atoms with E-state index in [1.165, 1.54) is 38.0 Å². The van der Waals surface area contributed by atoms with Crippen molar-refractivity contribution in [3.05, 3.63) is 29.3 Å². The number of likely N-dealkylation sites (tertiary alicyclic amines) is 1. The van der Waals surface area contributed by atoms with E-state index in [2.05, 4.69) is 59.5 Å². The second-order valence-corrected chi connectivity index (χ2v) is 9.53. The SMILES string of the molecule is CN=C(NCc1ccc(C)cc1OCC1CCCO1)NCC1CCCN(CC(C)C)C1.I. The van der Waals surface area contributed by atoms with Crippen LogP contribution in [0.2, 0.25) is 0 Å². The Balaban J connectivity index is 0.00000363. The minimum absolute atomic E-state index is 0. The van der Waals surface area contributed by atoms with Gasteiger partial charge in [-0.25, -0.2) is 0 Å². The lowest BCUT2D eigenvalue weighted by atomic mass is 9.97. The minimum Gasteiger partial charge on any atom is -0.491 e. The zero-order chi connectivity index (χ0) is 22.1. The topological polar surface area (TPSA) is 58.1 Å². The Morgan fingerprint density at radius 1 is 1.25 bits per heavy atom. The molecule has 0 radical (unpaired) electrons. The quantitative estimate of drug-likeness (QED) is 0.270. The molecule has 6 nitrogen and oxygen atoms in total. The predicted molar refractivity (Wildman–Crippen MR) is 143 cm³/mol. The van der Waals surface area contributed by atoms with Gasteiger partial charge in [0, 0.05) is 45.4 Å². The number of rotatable bonds is 9. The fourth-order valence-corrected chi connectivity index (χ4v) is 4.54. The van der Waals surface area contributed by atoms with Crippen molar-refractivity contribution in [2.24, 2.45) is 16.8 Å². The molecule has 1 aromatic rings. The van der Waals surface area contributed by atoms with Crippen LogP contribution in [-0.2, 0) is 11.3 Å². The Kier molecular flexibility index (Phi) is 12.1. The number of halogens is 1. The van der Waals surface area contributed by atoms with Gasteiger partial charge in [-0.3, -0.25) is 4.99 Å². The molecule has 0 aliphatic carbocycles. The Bertz CT molecular complexity index is 707. The number of benzene rings is 1. The molecule has 2 unspecified atom stereocenters. The molecular weight excluding hydrogens is 515 g/mol. The third-order valence-corrected chi connectivity index (χ3v) is 6.13. The Morgan fingerprint density at radius 2 is 2.09 bits per heavy atom. The molecule has 0 bridgehead atoms. The monoisotopic (exact) mass is 558 g/mol. The minimum atomic E-state index is 0. The molecule has 2 heterocycles. The lowest BCUT2D eigenvalue weighted by Crippen LogP contribution is -2.45. The smallest absolute Gasteiger partial charge is 0.191 e. The molecule has 2 atom stereocenters. The van der Waals surface area contributed by atoms with Gasteiger partial charge >= 0.3 is 0 Å².